The Bertz CT molecular complexity index is 339. The summed E-state index contributed by atoms with van der Waals surface area (Å²) in [5.74, 6) is 1.00. The molecule has 2 unspecified atom stereocenters. The zero-order chi connectivity index (χ0) is 11.5. The molecule has 0 bridgehead atoms. The van der Waals surface area contributed by atoms with Crippen molar-refractivity contribution in [2.24, 2.45) is 5.92 Å². The van der Waals surface area contributed by atoms with Gasteiger partial charge in [0.25, 0.3) is 0 Å². The average Bonchev–Trinajstić information content (AvgIpc) is 2.63. The second-order valence-corrected chi connectivity index (χ2v) is 4.44. The summed E-state index contributed by atoms with van der Waals surface area (Å²) in [6, 6.07) is 0.582. The Labute approximate surface area is 95.7 Å². The van der Waals surface area contributed by atoms with Crippen molar-refractivity contribution in [2.75, 3.05) is 13.1 Å². The predicted octanol–water partition coefficient (Wildman–Crippen LogP) is 1.89. The third kappa shape index (κ3) is 2.38. The second-order valence-electron chi connectivity index (χ2n) is 4.44. The summed E-state index contributed by atoms with van der Waals surface area (Å²) in [5.41, 5.74) is 0. The molecule has 2 atom stereocenters. The lowest BCUT2D eigenvalue weighted by atomic mass is 9.97. The maximum atomic E-state index is 12.7. The molecule has 1 fully saturated rings. The van der Waals surface area contributed by atoms with Crippen LogP contribution in [-0.4, -0.2) is 34.0 Å². The average molecular weight is 223 g/mol. The molecule has 1 saturated heterocycles. The maximum absolute atomic E-state index is 12.7. The van der Waals surface area contributed by atoms with Crippen molar-refractivity contribution in [3.05, 3.63) is 24.0 Å². The highest BCUT2D eigenvalue weighted by Gasteiger charge is 2.29. The molecule has 0 aromatic carbocycles. The summed E-state index contributed by atoms with van der Waals surface area (Å²) in [6.45, 7) is 6.70. The van der Waals surface area contributed by atoms with E-state index in [4.69, 9.17) is 0 Å². The Morgan fingerprint density at radius 2 is 2.12 bits per heavy atom. The quantitative estimate of drug-likeness (QED) is 0.783. The first-order chi connectivity index (χ1) is 7.70. The van der Waals surface area contributed by atoms with Crippen LogP contribution >= 0.6 is 0 Å². The number of hydrogen-bond acceptors (Lipinski definition) is 3. The molecule has 3 nitrogen and oxygen atoms in total. The van der Waals surface area contributed by atoms with Crippen molar-refractivity contribution in [3.8, 4) is 0 Å². The van der Waals surface area contributed by atoms with Crippen LogP contribution in [0.5, 0.6) is 0 Å². The van der Waals surface area contributed by atoms with Gasteiger partial charge in [0.2, 0.25) is 0 Å². The van der Waals surface area contributed by atoms with Gasteiger partial charge in [-0.2, -0.15) is 0 Å². The van der Waals surface area contributed by atoms with Crippen LogP contribution in [0, 0.1) is 11.7 Å². The number of likely N-dealkylation sites (tertiary alicyclic amines) is 1. The van der Waals surface area contributed by atoms with Gasteiger partial charge in [0.05, 0.1) is 12.4 Å². The standard InChI is InChI=1S/C12H18FN3/c1-3-16-5-4-10(9(16)2)6-12-14-7-11(13)8-15-12/h7-10H,3-6H2,1-2H3. The Hall–Kier alpha value is -1.03. The zero-order valence-corrected chi connectivity index (χ0v) is 9.86. The van der Waals surface area contributed by atoms with Crippen LogP contribution in [-0.2, 0) is 6.42 Å². The van der Waals surface area contributed by atoms with Gasteiger partial charge in [-0.05, 0) is 32.4 Å². The van der Waals surface area contributed by atoms with Crippen LogP contribution in [0.25, 0.3) is 0 Å². The van der Waals surface area contributed by atoms with E-state index >= 15 is 0 Å². The third-order valence-corrected chi connectivity index (χ3v) is 3.57. The number of halogens is 1. The van der Waals surface area contributed by atoms with Gasteiger partial charge in [0, 0.05) is 12.5 Å². The van der Waals surface area contributed by atoms with Gasteiger partial charge in [0.15, 0.2) is 5.82 Å². The molecule has 2 rings (SSSR count). The van der Waals surface area contributed by atoms with Crippen molar-refractivity contribution >= 4 is 0 Å². The summed E-state index contributed by atoms with van der Waals surface area (Å²) >= 11 is 0. The minimum atomic E-state index is -0.363. The van der Waals surface area contributed by atoms with Gasteiger partial charge in [-0.3, -0.25) is 0 Å². The summed E-state index contributed by atoms with van der Waals surface area (Å²) < 4.78 is 12.7. The molecular formula is C12H18FN3. The van der Waals surface area contributed by atoms with Gasteiger partial charge < -0.3 is 4.90 Å². The van der Waals surface area contributed by atoms with Gasteiger partial charge in [0.1, 0.15) is 5.82 Å². The first-order valence-corrected chi connectivity index (χ1v) is 5.91. The number of rotatable bonds is 3. The highest BCUT2D eigenvalue weighted by atomic mass is 19.1. The Kier molecular flexibility index (Phi) is 3.49. The maximum Gasteiger partial charge on any atom is 0.159 e. The fourth-order valence-electron chi connectivity index (χ4n) is 2.47. The zero-order valence-electron chi connectivity index (χ0n) is 9.86. The van der Waals surface area contributed by atoms with Gasteiger partial charge in [-0.25, -0.2) is 14.4 Å². The highest BCUT2D eigenvalue weighted by Crippen LogP contribution is 2.25. The van der Waals surface area contributed by atoms with Gasteiger partial charge in [-0.15, -0.1) is 0 Å². The first kappa shape index (κ1) is 11.5. The van der Waals surface area contributed by atoms with Crippen molar-refractivity contribution < 1.29 is 4.39 Å². The molecule has 0 spiro atoms. The van der Waals surface area contributed by atoms with Gasteiger partial charge >= 0.3 is 0 Å². The fourth-order valence-corrected chi connectivity index (χ4v) is 2.47. The Morgan fingerprint density at radius 1 is 1.44 bits per heavy atom. The number of hydrogen-bond donors (Lipinski definition) is 0. The minimum Gasteiger partial charge on any atom is -0.301 e. The van der Waals surface area contributed by atoms with E-state index in [0.717, 1.165) is 25.3 Å². The molecule has 88 valence electrons. The molecule has 0 saturated carbocycles. The normalized spacial score (nSPS) is 26.2. The molecule has 16 heavy (non-hydrogen) atoms. The minimum absolute atomic E-state index is 0.363. The molecule has 0 radical (unpaired) electrons. The Morgan fingerprint density at radius 3 is 2.69 bits per heavy atom. The fraction of sp³-hybridized carbons (Fsp3) is 0.667. The van der Waals surface area contributed by atoms with E-state index in [2.05, 4.69) is 28.7 Å². The van der Waals surface area contributed by atoms with Gasteiger partial charge in [-0.1, -0.05) is 6.92 Å². The van der Waals surface area contributed by atoms with Crippen LogP contribution < -0.4 is 0 Å². The van der Waals surface area contributed by atoms with Crippen LogP contribution in [0.4, 0.5) is 4.39 Å². The summed E-state index contributed by atoms with van der Waals surface area (Å²) in [4.78, 5) is 10.5. The lowest BCUT2D eigenvalue weighted by molar-refractivity contribution is 0.252. The molecule has 4 heteroatoms. The molecule has 0 N–H and O–H groups in total. The summed E-state index contributed by atoms with van der Waals surface area (Å²) in [7, 11) is 0. The summed E-state index contributed by atoms with van der Waals surface area (Å²) in [5, 5.41) is 0. The Balaban J connectivity index is 1.98. The highest BCUT2D eigenvalue weighted by molar-refractivity contribution is 4.96. The molecule has 1 aliphatic heterocycles. The topological polar surface area (TPSA) is 29.0 Å². The van der Waals surface area contributed by atoms with E-state index in [1.54, 1.807) is 0 Å². The molecule has 1 aliphatic rings. The SMILES string of the molecule is CCN1CCC(Cc2ncc(F)cn2)C1C. The lowest BCUT2D eigenvalue weighted by Gasteiger charge is -2.22. The van der Waals surface area contributed by atoms with Crippen molar-refractivity contribution in [1.29, 1.82) is 0 Å². The van der Waals surface area contributed by atoms with E-state index < -0.39 is 0 Å². The number of nitrogens with zero attached hydrogens (tertiary/aromatic N) is 3. The molecule has 1 aromatic rings. The van der Waals surface area contributed by atoms with E-state index in [1.807, 2.05) is 0 Å². The van der Waals surface area contributed by atoms with Crippen LogP contribution in [0.2, 0.25) is 0 Å². The van der Waals surface area contributed by atoms with Crippen molar-refractivity contribution in [1.82, 2.24) is 14.9 Å². The van der Waals surface area contributed by atoms with Crippen LogP contribution in [0.15, 0.2) is 12.4 Å². The molecular weight excluding hydrogens is 205 g/mol. The third-order valence-electron chi connectivity index (χ3n) is 3.57. The summed E-state index contributed by atoms with van der Waals surface area (Å²) in [6.07, 6.45) is 4.55. The van der Waals surface area contributed by atoms with E-state index in [-0.39, 0.29) is 5.82 Å². The molecule has 0 aliphatic carbocycles. The molecule has 2 heterocycles. The second kappa shape index (κ2) is 4.87. The largest absolute Gasteiger partial charge is 0.301 e. The van der Waals surface area contributed by atoms with E-state index in [9.17, 15) is 4.39 Å². The lowest BCUT2D eigenvalue weighted by Crippen LogP contribution is -2.30. The smallest absolute Gasteiger partial charge is 0.159 e. The molecule has 0 amide bonds. The van der Waals surface area contributed by atoms with Crippen molar-refractivity contribution in [3.63, 3.8) is 0 Å². The monoisotopic (exact) mass is 223 g/mol. The van der Waals surface area contributed by atoms with Crippen molar-refractivity contribution in [2.45, 2.75) is 32.7 Å². The van der Waals surface area contributed by atoms with Crippen LogP contribution in [0.3, 0.4) is 0 Å². The van der Waals surface area contributed by atoms with E-state index in [1.165, 1.54) is 18.8 Å². The molecule has 1 aromatic heterocycles. The predicted molar refractivity (Wildman–Crippen MR) is 60.5 cm³/mol. The first-order valence-electron chi connectivity index (χ1n) is 5.91. The number of aromatic nitrogens is 2. The van der Waals surface area contributed by atoms with E-state index in [0.29, 0.717) is 12.0 Å². The van der Waals surface area contributed by atoms with Crippen LogP contribution in [0.1, 0.15) is 26.1 Å².